The average molecular weight is 455 g/mol. The Bertz CT molecular complexity index is 993. The first-order valence-electron chi connectivity index (χ1n) is 8.24. The number of aromatic nitrogens is 6. The Hall–Kier alpha value is -2.52. The van der Waals surface area contributed by atoms with Crippen molar-refractivity contribution in [3.8, 4) is 0 Å². The van der Waals surface area contributed by atoms with E-state index in [0.29, 0.717) is 11.3 Å². The molecule has 152 valence electrons. The lowest BCUT2D eigenvalue weighted by Crippen LogP contribution is -2.76. The van der Waals surface area contributed by atoms with E-state index in [1.54, 1.807) is 5.41 Å². The number of tetrazole rings is 1. The molecule has 2 aliphatic heterocycles. The highest BCUT2D eigenvalue weighted by Crippen LogP contribution is 2.43. The van der Waals surface area contributed by atoms with Gasteiger partial charge in [-0.1, -0.05) is 23.1 Å². The van der Waals surface area contributed by atoms with Gasteiger partial charge in [0, 0.05) is 12.7 Å². The van der Waals surface area contributed by atoms with Gasteiger partial charge in [0.1, 0.15) is 10.4 Å². The van der Waals surface area contributed by atoms with Gasteiger partial charge in [0.25, 0.3) is 5.91 Å². The van der Waals surface area contributed by atoms with Crippen molar-refractivity contribution in [2.75, 3.05) is 10.8 Å². The van der Waals surface area contributed by atoms with Crippen LogP contribution in [-0.4, -0.2) is 81.5 Å². The molecule has 1 fully saturated rings. The number of nitrogens with zero attached hydrogens (tertiary/aromatic N) is 8. The van der Waals surface area contributed by atoms with Crippen LogP contribution in [-0.2, 0) is 14.4 Å². The third-order valence-electron chi connectivity index (χ3n) is 4.29. The Morgan fingerprint density at radius 3 is 2.76 bits per heavy atom. The maximum atomic E-state index is 12.9. The second kappa shape index (κ2) is 7.72. The van der Waals surface area contributed by atoms with Gasteiger partial charge in [-0.2, -0.15) is 0 Å². The standard InChI is InChI=1S/C14H14N8O4S3/c1-6-16-17-14(29-6)28-4-8-3-27-12-10(11(24)21(12)9(8)13(25)26)22(7(2)23)20-5-15-18-19-20/h3,5,9-10,12H,4H2,1-2H3,(H,25,26)/t9-,10?,12-/m1/s1. The van der Waals surface area contributed by atoms with Crippen molar-refractivity contribution >= 4 is 52.6 Å². The van der Waals surface area contributed by atoms with Crippen LogP contribution in [0.15, 0.2) is 21.6 Å². The van der Waals surface area contributed by atoms with Crippen molar-refractivity contribution in [1.82, 2.24) is 35.4 Å². The van der Waals surface area contributed by atoms with Crippen molar-refractivity contribution in [3.05, 3.63) is 22.3 Å². The molecule has 2 aromatic rings. The minimum Gasteiger partial charge on any atom is -0.479 e. The molecule has 3 atom stereocenters. The number of carboxylic acids is 1. The van der Waals surface area contributed by atoms with E-state index in [0.717, 1.165) is 19.1 Å². The Kier molecular flexibility index (Phi) is 5.26. The molecule has 0 saturated carbocycles. The van der Waals surface area contributed by atoms with Crippen LogP contribution < -0.4 is 5.01 Å². The smallest absolute Gasteiger partial charge is 0.330 e. The predicted octanol–water partition coefficient (Wildman–Crippen LogP) is -0.269. The monoisotopic (exact) mass is 454 g/mol. The molecule has 0 radical (unpaired) electrons. The molecular weight excluding hydrogens is 440 g/mol. The summed E-state index contributed by atoms with van der Waals surface area (Å²) in [6.07, 6.45) is 1.21. The van der Waals surface area contributed by atoms with Crippen LogP contribution in [0.2, 0.25) is 0 Å². The summed E-state index contributed by atoms with van der Waals surface area (Å²) in [6.45, 7) is 3.13. The largest absolute Gasteiger partial charge is 0.479 e. The molecule has 1 unspecified atom stereocenters. The zero-order valence-electron chi connectivity index (χ0n) is 15.1. The molecule has 1 saturated heterocycles. The second-order valence-corrected chi connectivity index (χ2v) is 9.51. The van der Waals surface area contributed by atoms with Crippen LogP contribution in [0.1, 0.15) is 11.9 Å². The first kappa shape index (κ1) is 19.8. The normalized spacial score (nSPS) is 23.2. The summed E-state index contributed by atoms with van der Waals surface area (Å²) in [5, 5.41) is 31.6. The molecule has 0 aromatic carbocycles. The Balaban J connectivity index is 1.56. The van der Waals surface area contributed by atoms with Crippen molar-refractivity contribution in [3.63, 3.8) is 0 Å². The Morgan fingerprint density at radius 2 is 2.17 bits per heavy atom. The minimum atomic E-state index is -1.13. The summed E-state index contributed by atoms with van der Waals surface area (Å²) in [5.41, 5.74) is 0.584. The van der Waals surface area contributed by atoms with Crippen molar-refractivity contribution in [2.45, 2.75) is 35.6 Å². The fourth-order valence-electron chi connectivity index (χ4n) is 3.11. The number of aliphatic carboxylic acids is 1. The van der Waals surface area contributed by atoms with E-state index in [4.69, 9.17) is 0 Å². The first-order valence-corrected chi connectivity index (χ1v) is 11.0. The number of hydrogen-bond acceptors (Lipinski definition) is 11. The van der Waals surface area contributed by atoms with Gasteiger partial charge in [-0.3, -0.25) is 9.59 Å². The lowest BCUT2D eigenvalue weighted by molar-refractivity contribution is -0.159. The highest BCUT2D eigenvalue weighted by Gasteiger charge is 2.59. The summed E-state index contributed by atoms with van der Waals surface area (Å²) in [4.78, 5) is 39.4. The molecule has 15 heteroatoms. The summed E-state index contributed by atoms with van der Waals surface area (Å²) in [7, 11) is 0. The van der Waals surface area contributed by atoms with Crippen LogP contribution >= 0.6 is 34.9 Å². The molecule has 4 heterocycles. The zero-order valence-corrected chi connectivity index (χ0v) is 17.5. The van der Waals surface area contributed by atoms with Gasteiger partial charge in [-0.25, -0.2) is 9.80 Å². The summed E-state index contributed by atoms with van der Waals surface area (Å²) in [6, 6.07) is -1.99. The van der Waals surface area contributed by atoms with Crippen LogP contribution in [0, 0.1) is 6.92 Å². The van der Waals surface area contributed by atoms with Crippen LogP contribution in [0.3, 0.4) is 0 Å². The maximum Gasteiger partial charge on any atom is 0.330 e. The molecule has 0 spiro atoms. The third-order valence-corrected chi connectivity index (χ3v) is 7.53. The number of thioether (sulfide) groups is 2. The van der Waals surface area contributed by atoms with E-state index in [1.165, 1.54) is 53.0 Å². The third kappa shape index (κ3) is 3.49. The van der Waals surface area contributed by atoms with E-state index in [9.17, 15) is 19.5 Å². The van der Waals surface area contributed by atoms with Gasteiger partial charge >= 0.3 is 5.97 Å². The van der Waals surface area contributed by atoms with Gasteiger partial charge in [0.05, 0.1) is 0 Å². The number of carbonyl (C=O) groups excluding carboxylic acids is 2. The van der Waals surface area contributed by atoms with Gasteiger partial charge < -0.3 is 10.0 Å². The Morgan fingerprint density at radius 1 is 1.38 bits per heavy atom. The molecule has 0 bridgehead atoms. The van der Waals surface area contributed by atoms with Gasteiger partial charge in [0.15, 0.2) is 22.8 Å². The maximum absolute atomic E-state index is 12.9. The fraction of sp³-hybridized carbons (Fsp3) is 0.429. The number of carboxylic acid groups (broad SMARTS) is 1. The van der Waals surface area contributed by atoms with Crippen LogP contribution in [0.4, 0.5) is 0 Å². The molecule has 2 amide bonds. The second-order valence-electron chi connectivity index (χ2n) is 6.12. The van der Waals surface area contributed by atoms with Gasteiger partial charge in [-0.15, -0.1) is 31.8 Å². The molecule has 12 nitrogen and oxygen atoms in total. The molecule has 0 aliphatic carbocycles. The van der Waals surface area contributed by atoms with Crippen molar-refractivity contribution < 1.29 is 19.5 Å². The summed E-state index contributed by atoms with van der Waals surface area (Å²) >= 11 is 4.09. The molecule has 1 N–H and O–H groups in total. The summed E-state index contributed by atoms with van der Waals surface area (Å²) in [5.74, 6) is -1.66. The predicted molar refractivity (Wildman–Crippen MR) is 104 cm³/mol. The van der Waals surface area contributed by atoms with Gasteiger partial charge in [0.2, 0.25) is 5.91 Å². The van der Waals surface area contributed by atoms with Crippen LogP contribution in [0.5, 0.6) is 0 Å². The van der Waals surface area contributed by atoms with Gasteiger partial charge in [-0.05, 0) is 28.3 Å². The van der Waals surface area contributed by atoms with E-state index in [-0.39, 0.29) is 0 Å². The van der Waals surface area contributed by atoms with Crippen molar-refractivity contribution in [1.29, 1.82) is 0 Å². The number of hydrogen-bond donors (Lipinski definition) is 1. The number of rotatable bonds is 6. The number of carbonyl (C=O) groups is 3. The number of amides is 2. The van der Waals surface area contributed by atoms with Crippen LogP contribution in [0.25, 0.3) is 0 Å². The molecule has 2 aromatic heterocycles. The average Bonchev–Trinajstić information content (AvgIpc) is 3.34. The highest BCUT2D eigenvalue weighted by molar-refractivity contribution is 8.03. The number of β-lactam (4-membered cyclic amide) rings is 1. The number of aryl methyl sites for hydroxylation is 1. The highest BCUT2D eigenvalue weighted by atomic mass is 32.2. The number of fused-ring (bicyclic) bond motifs is 1. The van der Waals surface area contributed by atoms with E-state index >= 15 is 0 Å². The van der Waals surface area contributed by atoms with E-state index < -0.39 is 35.2 Å². The molecule has 2 aliphatic rings. The lowest BCUT2D eigenvalue weighted by Gasteiger charge is -2.53. The molecule has 29 heavy (non-hydrogen) atoms. The van der Waals surface area contributed by atoms with Crippen molar-refractivity contribution in [2.24, 2.45) is 0 Å². The lowest BCUT2D eigenvalue weighted by atomic mass is 9.98. The molecule has 4 rings (SSSR count). The summed E-state index contributed by atoms with van der Waals surface area (Å²) < 4.78 is 0.730. The quantitative estimate of drug-likeness (QED) is 0.454. The minimum absolute atomic E-state index is 0.364. The zero-order chi connectivity index (χ0) is 20.7. The first-order chi connectivity index (χ1) is 13.9. The topological polar surface area (TPSA) is 147 Å². The fourth-order valence-corrected chi connectivity index (χ4v) is 6.29. The van der Waals surface area contributed by atoms with E-state index in [1.807, 2.05) is 6.92 Å². The van der Waals surface area contributed by atoms with E-state index in [2.05, 4.69) is 25.7 Å². The Labute approximate surface area is 176 Å². The SMILES string of the molecule is CC(=O)N(C1C(=O)N2[C@@H](C(=O)O)C(CSc3nnc(C)s3)=CS[C@H]12)n1cnnn1. The molecular formula is C14H14N8O4S3.